The Balaban J connectivity index is 1.78. The summed E-state index contributed by atoms with van der Waals surface area (Å²) in [6.07, 6.45) is -1.98. The number of halogens is 3. The van der Waals surface area contributed by atoms with Gasteiger partial charge in [0.05, 0.1) is 0 Å². The summed E-state index contributed by atoms with van der Waals surface area (Å²) in [7, 11) is 0. The summed E-state index contributed by atoms with van der Waals surface area (Å²) in [6.45, 7) is -0.0905. The van der Waals surface area contributed by atoms with E-state index in [9.17, 15) is 32.3 Å². The van der Waals surface area contributed by atoms with Crippen molar-refractivity contribution in [1.29, 1.82) is 0 Å². The number of H-pyrrole nitrogens is 1. The number of carbonyl (C=O) groups excluding carboxylic acids is 2. The topological polar surface area (TPSA) is 113 Å². The van der Waals surface area contributed by atoms with E-state index in [1.54, 1.807) is 30.3 Å². The van der Waals surface area contributed by atoms with Crippen molar-refractivity contribution in [2.75, 3.05) is 5.32 Å². The van der Waals surface area contributed by atoms with Crippen LogP contribution < -0.4 is 21.9 Å². The highest BCUT2D eigenvalue weighted by Crippen LogP contribution is 2.45. The normalized spacial score (nSPS) is 20.9. The van der Waals surface area contributed by atoms with Gasteiger partial charge in [0, 0.05) is 12.5 Å². The molecule has 2 heterocycles. The minimum absolute atomic E-state index is 0.0905. The zero-order valence-corrected chi connectivity index (χ0v) is 17.6. The Morgan fingerprint density at radius 2 is 1.76 bits per heavy atom. The number of hydrogen-bond donors (Lipinski definition) is 3. The van der Waals surface area contributed by atoms with Gasteiger partial charge in [0.1, 0.15) is 11.4 Å². The molecule has 2 aromatic rings. The Bertz CT molecular complexity index is 1180. The van der Waals surface area contributed by atoms with Gasteiger partial charge < -0.3 is 10.6 Å². The van der Waals surface area contributed by atoms with E-state index in [4.69, 9.17) is 0 Å². The van der Waals surface area contributed by atoms with Gasteiger partial charge in [-0.3, -0.25) is 23.9 Å². The van der Waals surface area contributed by atoms with Gasteiger partial charge in [-0.05, 0) is 24.8 Å². The molecule has 0 radical (unpaired) electrons. The van der Waals surface area contributed by atoms with Crippen molar-refractivity contribution >= 4 is 17.6 Å². The Hall–Kier alpha value is -3.37. The van der Waals surface area contributed by atoms with Crippen LogP contribution in [0.15, 0.2) is 39.9 Å². The van der Waals surface area contributed by atoms with Crippen molar-refractivity contribution in [3.63, 3.8) is 0 Å². The SMILES string of the molecule is O=C(NC1(C(F)(F)F)C(=O)Nc2c1c(=O)[nH]c(=O)n2CCc1ccccc1)C1CCCCC1. The number of nitrogens with zero attached hydrogens (tertiary/aromatic N) is 1. The number of rotatable bonds is 5. The van der Waals surface area contributed by atoms with Crippen LogP contribution >= 0.6 is 0 Å². The van der Waals surface area contributed by atoms with E-state index < -0.39 is 52.1 Å². The van der Waals surface area contributed by atoms with Crippen LogP contribution in [0.1, 0.15) is 43.2 Å². The second-order valence-corrected chi connectivity index (χ2v) is 8.40. The van der Waals surface area contributed by atoms with E-state index in [-0.39, 0.29) is 13.0 Å². The second kappa shape index (κ2) is 8.53. The zero-order chi connectivity index (χ0) is 23.8. The van der Waals surface area contributed by atoms with E-state index in [1.807, 2.05) is 10.3 Å². The number of alkyl halides is 3. The molecule has 1 fully saturated rings. The van der Waals surface area contributed by atoms with E-state index in [2.05, 4.69) is 5.32 Å². The third-order valence-electron chi connectivity index (χ3n) is 6.33. The lowest BCUT2D eigenvalue weighted by Crippen LogP contribution is -2.63. The molecule has 33 heavy (non-hydrogen) atoms. The molecule has 1 aromatic carbocycles. The number of anilines is 1. The van der Waals surface area contributed by atoms with Crippen molar-refractivity contribution in [1.82, 2.24) is 14.9 Å². The predicted molar refractivity (Wildman–Crippen MR) is 113 cm³/mol. The van der Waals surface area contributed by atoms with Crippen LogP contribution in [0.4, 0.5) is 19.0 Å². The number of benzene rings is 1. The van der Waals surface area contributed by atoms with Gasteiger partial charge in [-0.15, -0.1) is 0 Å². The highest BCUT2D eigenvalue weighted by atomic mass is 19.4. The predicted octanol–water partition coefficient (Wildman–Crippen LogP) is 2.19. The average molecular weight is 464 g/mol. The van der Waals surface area contributed by atoms with E-state index in [0.29, 0.717) is 25.7 Å². The Kier molecular flexibility index (Phi) is 5.89. The summed E-state index contributed by atoms with van der Waals surface area (Å²) in [5.74, 6) is -3.78. The van der Waals surface area contributed by atoms with Gasteiger partial charge in [0.2, 0.25) is 11.4 Å². The minimum Gasteiger partial charge on any atom is -0.330 e. The van der Waals surface area contributed by atoms with Gasteiger partial charge in [0.15, 0.2) is 0 Å². The Morgan fingerprint density at radius 1 is 1.09 bits per heavy atom. The molecular weight excluding hydrogens is 441 g/mol. The molecule has 1 atom stereocenters. The second-order valence-electron chi connectivity index (χ2n) is 8.40. The molecular formula is C22H23F3N4O4. The molecule has 1 aromatic heterocycles. The molecule has 11 heteroatoms. The number of hydrogen-bond acceptors (Lipinski definition) is 4. The molecule has 3 N–H and O–H groups in total. The zero-order valence-electron chi connectivity index (χ0n) is 17.6. The number of fused-ring (bicyclic) bond motifs is 1. The molecule has 0 spiro atoms. The van der Waals surface area contributed by atoms with Gasteiger partial charge in [-0.1, -0.05) is 49.6 Å². The summed E-state index contributed by atoms with van der Waals surface area (Å²) in [6, 6.07) is 8.89. The fourth-order valence-corrected chi connectivity index (χ4v) is 4.58. The van der Waals surface area contributed by atoms with E-state index >= 15 is 0 Å². The lowest BCUT2D eigenvalue weighted by atomic mass is 9.86. The molecule has 8 nitrogen and oxygen atoms in total. The average Bonchev–Trinajstić information content (AvgIpc) is 3.08. The molecule has 1 aliphatic carbocycles. The lowest BCUT2D eigenvalue weighted by Gasteiger charge is -2.32. The maximum absolute atomic E-state index is 14.4. The van der Waals surface area contributed by atoms with Crippen LogP contribution in [-0.4, -0.2) is 27.5 Å². The third-order valence-corrected chi connectivity index (χ3v) is 6.33. The van der Waals surface area contributed by atoms with Crippen LogP contribution in [0.5, 0.6) is 0 Å². The monoisotopic (exact) mass is 464 g/mol. The van der Waals surface area contributed by atoms with Gasteiger partial charge in [-0.2, -0.15) is 13.2 Å². The highest BCUT2D eigenvalue weighted by Gasteiger charge is 2.68. The molecule has 2 amide bonds. The summed E-state index contributed by atoms with van der Waals surface area (Å²) in [5, 5.41) is 3.92. The number of nitrogens with one attached hydrogen (secondary N) is 3. The number of carbonyl (C=O) groups is 2. The molecule has 2 aliphatic rings. The maximum Gasteiger partial charge on any atom is 0.425 e. The minimum atomic E-state index is -5.32. The first-order valence-electron chi connectivity index (χ1n) is 10.8. The maximum atomic E-state index is 14.4. The first-order chi connectivity index (χ1) is 15.6. The highest BCUT2D eigenvalue weighted by molar-refractivity contribution is 6.07. The molecule has 1 unspecified atom stereocenters. The molecule has 4 rings (SSSR count). The molecule has 176 valence electrons. The van der Waals surface area contributed by atoms with Crippen molar-refractivity contribution in [3.8, 4) is 0 Å². The molecule has 1 aliphatic heterocycles. The number of aryl methyl sites for hydroxylation is 1. The van der Waals surface area contributed by atoms with E-state index in [1.165, 1.54) is 0 Å². The van der Waals surface area contributed by atoms with Crippen molar-refractivity contribution in [3.05, 3.63) is 62.3 Å². The van der Waals surface area contributed by atoms with Gasteiger partial charge in [-0.25, -0.2) is 4.79 Å². The largest absolute Gasteiger partial charge is 0.425 e. The van der Waals surface area contributed by atoms with Crippen LogP contribution in [0.2, 0.25) is 0 Å². The summed E-state index contributed by atoms with van der Waals surface area (Å²) in [5.41, 5.74) is -6.11. The molecule has 0 saturated heterocycles. The molecule has 1 saturated carbocycles. The number of aromatic amines is 1. The van der Waals surface area contributed by atoms with Crippen molar-refractivity contribution in [2.24, 2.45) is 5.92 Å². The first-order valence-corrected chi connectivity index (χ1v) is 10.8. The van der Waals surface area contributed by atoms with Crippen LogP contribution in [0.25, 0.3) is 0 Å². The number of aromatic nitrogens is 2. The van der Waals surface area contributed by atoms with Gasteiger partial charge in [0.25, 0.3) is 11.5 Å². The molecule has 0 bridgehead atoms. The summed E-state index contributed by atoms with van der Waals surface area (Å²) < 4.78 is 44.2. The van der Waals surface area contributed by atoms with Crippen LogP contribution in [0.3, 0.4) is 0 Å². The fourth-order valence-electron chi connectivity index (χ4n) is 4.58. The summed E-state index contributed by atoms with van der Waals surface area (Å²) >= 11 is 0. The smallest absolute Gasteiger partial charge is 0.330 e. The lowest BCUT2D eigenvalue weighted by molar-refractivity contribution is -0.201. The first kappa shape index (κ1) is 22.8. The van der Waals surface area contributed by atoms with Crippen molar-refractivity contribution in [2.45, 2.75) is 56.8 Å². The van der Waals surface area contributed by atoms with Crippen LogP contribution in [-0.2, 0) is 28.1 Å². The number of amides is 2. The van der Waals surface area contributed by atoms with Gasteiger partial charge >= 0.3 is 11.9 Å². The summed E-state index contributed by atoms with van der Waals surface area (Å²) in [4.78, 5) is 52.5. The third kappa shape index (κ3) is 3.96. The fraction of sp³-hybridized carbons (Fsp3) is 0.455. The Morgan fingerprint density at radius 3 is 2.39 bits per heavy atom. The quantitative estimate of drug-likeness (QED) is 0.630. The Labute approximate surface area is 186 Å². The van der Waals surface area contributed by atoms with Crippen molar-refractivity contribution < 1.29 is 22.8 Å². The van der Waals surface area contributed by atoms with E-state index in [0.717, 1.165) is 16.6 Å². The van der Waals surface area contributed by atoms with Crippen LogP contribution in [0, 0.1) is 5.92 Å². The standard InChI is InChI=1S/C22H23F3N4O4/c23-22(24,25)21(28-17(30)14-9-5-2-6-10-14)15-16(26-19(21)32)29(20(33)27-18(15)31)12-11-13-7-3-1-4-8-13/h1,3-4,7-8,14H,2,5-6,9-12H2,(H,26,32)(H,28,30)(H,27,31,33).